The molecule has 0 aliphatic carbocycles. The van der Waals surface area contributed by atoms with Crippen molar-refractivity contribution in [3.05, 3.63) is 81.8 Å². The highest BCUT2D eigenvalue weighted by Crippen LogP contribution is 2.32. The van der Waals surface area contributed by atoms with Crippen LogP contribution in [0.5, 0.6) is 0 Å². The molecule has 0 spiro atoms. The van der Waals surface area contributed by atoms with E-state index >= 15 is 0 Å². The number of aromatic nitrogens is 4. The van der Waals surface area contributed by atoms with Crippen LogP contribution in [0.1, 0.15) is 44.7 Å². The van der Waals surface area contributed by atoms with E-state index in [0.717, 1.165) is 16.7 Å². The van der Waals surface area contributed by atoms with Gasteiger partial charge in [0.15, 0.2) is 0 Å². The second-order valence-corrected chi connectivity index (χ2v) is 11.5. The van der Waals surface area contributed by atoms with E-state index in [1.165, 1.54) is 16.4 Å². The van der Waals surface area contributed by atoms with Gasteiger partial charge in [-0.3, -0.25) is 9.59 Å². The molecule has 39 heavy (non-hydrogen) atoms. The minimum Gasteiger partial charge on any atom is -0.481 e. The van der Waals surface area contributed by atoms with E-state index in [0.29, 0.717) is 38.1 Å². The van der Waals surface area contributed by atoms with Gasteiger partial charge < -0.3 is 10.4 Å². The number of thioether (sulfide) groups is 1. The quantitative estimate of drug-likeness (QED) is 0.207. The Labute approximate surface area is 240 Å². The van der Waals surface area contributed by atoms with Gasteiger partial charge in [0.25, 0.3) is 0 Å². The summed E-state index contributed by atoms with van der Waals surface area (Å²) in [7, 11) is 0. The average molecular weight is 585 g/mol. The second-order valence-electron chi connectivity index (χ2n) is 9.78. The average Bonchev–Trinajstić information content (AvgIpc) is 3.37. The molecule has 2 N–H and O–H groups in total. The number of rotatable bonds is 9. The Morgan fingerprint density at radius 1 is 1.00 bits per heavy atom. The summed E-state index contributed by atoms with van der Waals surface area (Å²) in [4.78, 5) is 24.2. The first-order chi connectivity index (χ1) is 18.5. The molecule has 0 atom stereocenters. The lowest BCUT2D eigenvalue weighted by Crippen LogP contribution is -2.28. The van der Waals surface area contributed by atoms with E-state index in [9.17, 15) is 14.7 Å². The number of carboxylic acid groups (broad SMARTS) is 1. The van der Waals surface area contributed by atoms with Crippen LogP contribution in [0, 0.1) is 0 Å². The largest absolute Gasteiger partial charge is 0.481 e. The molecular weight excluding hydrogens is 557 g/mol. The number of aliphatic carboxylic acids is 1. The number of nitrogens with one attached hydrogen (secondary N) is 1. The Bertz CT molecular complexity index is 1520. The lowest BCUT2D eigenvalue weighted by Gasteiger charge is -2.20. The highest BCUT2D eigenvalue weighted by molar-refractivity contribution is 7.99. The van der Waals surface area contributed by atoms with Gasteiger partial charge in [-0.2, -0.15) is 4.68 Å². The lowest BCUT2D eigenvalue weighted by atomic mass is 9.84. The van der Waals surface area contributed by atoms with Crippen molar-refractivity contribution in [1.29, 1.82) is 0 Å². The zero-order valence-corrected chi connectivity index (χ0v) is 24.1. The molecule has 11 heteroatoms. The van der Waals surface area contributed by atoms with Gasteiger partial charge in [-0.25, -0.2) is 0 Å². The topological polar surface area (TPSA) is 110 Å². The fraction of sp³-hybridized carbons (Fsp3) is 0.250. The number of halogens is 2. The van der Waals surface area contributed by atoms with Gasteiger partial charge >= 0.3 is 5.97 Å². The summed E-state index contributed by atoms with van der Waals surface area (Å²) in [5, 5.41) is 25.4. The first-order valence-electron chi connectivity index (χ1n) is 12.1. The Balaban J connectivity index is 1.41. The number of amides is 1. The van der Waals surface area contributed by atoms with Crippen LogP contribution in [0.2, 0.25) is 10.0 Å². The first kappa shape index (κ1) is 28.6. The molecule has 0 radical (unpaired) electrons. The summed E-state index contributed by atoms with van der Waals surface area (Å²) in [6.45, 7) is 7.50. The van der Waals surface area contributed by atoms with E-state index in [2.05, 4.69) is 34.7 Å². The monoisotopic (exact) mass is 583 g/mol. The minimum atomic E-state index is -0.990. The van der Waals surface area contributed by atoms with Crippen molar-refractivity contribution in [3.63, 3.8) is 0 Å². The summed E-state index contributed by atoms with van der Waals surface area (Å²) in [6.07, 6.45) is 0. The predicted molar refractivity (Wildman–Crippen MR) is 155 cm³/mol. The van der Waals surface area contributed by atoms with Crippen molar-refractivity contribution in [2.45, 2.75) is 44.2 Å². The summed E-state index contributed by atoms with van der Waals surface area (Å²) in [5.41, 5.74) is 3.64. The highest BCUT2D eigenvalue weighted by Gasteiger charge is 2.29. The van der Waals surface area contributed by atoms with Crippen LogP contribution in [-0.2, 0) is 15.0 Å². The molecule has 3 aromatic carbocycles. The lowest BCUT2D eigenvalue weighted by molar-refractivity contribution is -0.142. The number of carbonyl (C=O) groups is 2. The van der Waals surface area contributed by atoms with Crippen LogP contribution in [0.15, 0.2) is 65.8 Å². The predicted octanol–water partition coefficient (Wildman–Crippen LogP) is 6.85. The Morgan fingerprint density at radius 3 is 2.31 bits per heavy atom. The normalized spacial score (nSPS) is 11.6. The third kappa shape index (κ3) is 6.43. The van der Waals surface area contributed by atoms with Crippen molar-refractivity contribution in [3.8, 4) is 16.8 Å². The van der Waals surface area contributed by atoms with Crippen molar-refractivity contribution in [2.75, 3.05) is 11.1 Å². The molecule has 0 bridgehead atoms. The van der Waals surface area contributed by atoms with E-state index in [1.54, 1.807) is 38.1 Å². The van der Waals surface area contributed by atoms with E-state index in [1.807, 2.05) is 36.4 Å². The fourth-order valence-corrected chi connectivity index (χ4v) is 4.97. The maximum atomic E-state index is 12.7. The van der Waals surface area contributed by atoms with E-state index in [4.69, 9.17) is 23.2 Å². The van der Waals surface area contributed by atoms with Gasteiger partial charge in [-0.05, 0) is 76.7 Å². The SMILES string of the molecule is CC(C)c1ccc(-n2nnnc2SCC(=O)Nc2ccc(-c3ccc(C(C)(C)C(=O)O)cc3)cc2Cl)c(Cl)c1. The number of carboxylic acids is 1. The molecule has 0 aliphatic heterocycles. The van der Waals surface area contributed by atoms with Crippen LogP contribution in [0.25, 0.3) is 16.8 Å². The van der Waals surface area contributed by atoms with Crippen molar-refractivity contribution in [1.82, 2.24) is 20.2 Å². The number of benzene rings is 3. The molecule has 0 saturated heterocycles. The van der Waals surface area contributed by atoms with Crippen LogP contribution < -0.4 is 5.32 Å². The number of nitrogens with zero attached hydrogens (tertiary/aromatic N) is 4. The molecule has 202 valence electrons. The fourth-order valence-electron chi connectivity index (χ4n) is 3.79. The van der Waals surface area contributed by atoms with Gasteiger partial charge in [0.1, 0.15) is 0 Å². The summed E-state index contributed by atoms with van der Waals surface area (Å²) < 4.78 is 1.51. The van der Waals surface area contributed by atoms with Gasteiger partial charge in [0, 0.05) is 0 Å². The number of anilines is 1. The Morgan fingerprint density at radius 2 is 1.69 bits per heavy atom. The molecular formula is C28H27Cl2N5O3S. The summed E-state index contributed by atoms with van der Waals surface area (Å²) in [6, 6.07) is 18.4. The molecule has 4 rings (SSSR count). The summed E-state index contributed by atoms with van der Waals surface area (Å²) >= 11 is 14.1. The molecule has 0 unspecified atom stereocenters. The standard InChI is InChI=1S/C28H27Cl2N5O3S/c1-16(2)18-8-12-24(22(30)13-18)35-27(32-33-34-35)39-15-25(36)31-23-11-7-19(14-21(23)29)17-5-9-20(10-6-17)28(3,4)26(37)38/h5-14,16H,15H2,1-4H3,(H,31,36)(H,37,38). The van der Waals surface area contributed by atoms with Crippen LogP contribution in [0.3, 0.4) is 0 Å². The molecule has 8 nitrogen and oxygen atoms in total. The zero-order valence-electron chi connectivity index (χ0n) is 21.8. The van der Waals surface area contributed by atoms with E-state index < -0.39 is 11.4 Å². The first-order valence-corrected chi connectivity index (χ1v) is 13.9. The van der Waals surface area contributed by atoms with Crippen molar-refractivity contribution >= 4 is 52.5 Å². The summed E-state index contributed by atoms with van der Waals surface area (Å²) in [5.74, 6) is -0.774. The maximum absolute atomic E-state index is 12.7. The third-order valence-electron chi connectivity index (χ3n) is 6.36. The molecule has 1 amide bonds. The van der Waals surface area contributed by atoms with Crippen molar-refractivity contribution in [2.24, 2.45) is 0 Å². The molecule has 0 fully saturated rings. The van der Waals surface area contributed by atoms with Gasteiger partial charge in [-0.15, -0.1) is 5.10 Å². The molecule has 4 aromatic rings. The molecule has 0 aliphatic rings. The highest BCUT2D eigenvalue weighted by atomic mass is 35.5. The smallest absolute Gasteiger partial charge is 0.313 e. The number of tetrazole rings is 1. The van der Waals surface area contributed by atoms with Gasteiger partial charge in [0.2, 0.25) is 11.1 Å². The maximum Gasteiger partial charge on any atom is 0.313 e. The number of hydrogen-bond donors (Lipinski definition) is 2. The third-order valence-corrected chi connectivity index (χ3v) is 7.89. The molecule has 1 heterocycles. The number of hydrogen-bond acceptors (Lipinski definition) is 6. The van der Waals surface area contributed by atoms with Crippen LogP contribution in [0.4, 0.5) is 5.69 Å². The van der Waals surface area contributed by atoms with Crippen LogP contribution >= 0.6 is 35.0 Å². The zero-order chi connectivity index (χ0) is 28.3. The Kier molecular flexibility index (Phi) is 8.64. The van der Waals surface area contributed by atoms with Crippen LogP contribution in [-0.4, -0.2) is 42.9 Å². The minimum absolute atomic E-state index is 0.0565. The second kappa shape index (κ2) is 11.8. The van der Waals surface area contributed by atoms with Gasteiger partial charge in [-0.1, -0.05) is 85.2 Å². The van der Waals surface area contributed by atoms with Gasteiger partial charge in [0.05, 0.1) is 32.6 Å². The number of carbonyl (C=O) groups excluding carboxylic acids is 1. The molecule has 1 aromatic heterocycles. The molecule has 0 saturated carbocycles. The Hall–Kier alpha value is -3.40. The van der Waals surface area contributed by atoms with E-state index in [-0.39, 0.29) is 11.7 Å². The van der Waals surface area contributed by atoms with Crippen molar-refractivity contribution < 1.29 is 14.7 Å².